The Hall–Kier alpha value is -3.95. The van der Waals surface area contributed by atoms with E-state index in [1.54, 1.807) is 4.57 Å². The summed E-state index contributed by atoms with van der Waals surface area (Å²) in [5.41, 5.74) is 2.17. The van der Waals surface area contributed by atoms with Gasteiger partial charge in [-0.15, -0.1) is 0 Å². The molecule has 0 saturated heterocycles. The quantitative estimate of drug-likeness (QED) is 0.358. The Morgan fingerprint density at radius 1 is 1.11 bits per heavy atom. The molecule has 7 nitrogen and oxygen atoms in total. The normalized spacial score (nSPS) is 11.9. The standard InChI is InChI=1S/C25H23F3N4O3/c1-4-35-20-10-7-16(14(2)3)11-18(20)23-31-21-19(12-29-22(30-21)24(33)34)32(23)13-15-5-8-17(9-6-15)25(26,27)28/h5-12,14H,4,13H2,1-3H3,(H,33,34). The van der Waals surface area contributed by atoms with E-state index in [2.05, 4.69) is 28.8 Å². The van der Waals surface area contributed by atoms with Crippen molar-refractivity contribution in [3.63, 3.8) is 0 Å². The first kappa shape index (κ1) is 24.2. The molecule has 0 amide bonds. The van der Waals surface area contributed by atoms with Gasteiger partial charge in [0.15, 0.2) is 5.65 Å². The van der Waals surface area contributed by atoms with E-state index in [0.717, 1.165) is 17.7 Å². The van der Waals surface area contributed by atoms with Crippen molar-refractivity contribution in [3.05, 3.63) is 71.2 Å². The number of carboxylic acids is 1. The lowest BCUT2D eigenvalue weighted by atomic mass is 10.00. The number of hydrogen-bond donors (Lipinski definition) is 1. The number of carboxylic acid groups (broad SMARTS) is 1. The molecule has 0 bridgehead atoms. The van der Waals surface area contributed by atoms with E-state index in [1.165, 1.54) is 18.3 Å². The number of rotatable bonds is 7. The summed E-state index contributed by atoms with van der Waals surface area (Å²) >= 11 is 0. The van der Waals surface area contributed by atoms with Gasteiger partial charge in [0.25, 0.3) is 0 Å². The van der Waals surface area contributed by atoms with E-state index in [4.69, 9.17) is 4.74 Å². The van der Waals surface area contributed by atoms with Crippen LogP contribution in [-0.4, -0.2) is 37.2 Å². The van der Waals surface area contributed by atoms with Crippen molar-refractivity contribution in [2.24, 2.45) is 0 Å². The average Bonchev–Trinajstić information content (AvgIpc) is 3.16. The Balaban J connectivity index is 1.91. The lowest BCUT2D eigenvalue weighted by molar-refractivity contribution is -0.137. The first-order valence-corrected chi connectivity index (χ1v) is 11.0. The van der Waals surface area contributed by atoms with Gasteiger partial charge in [-0.1, -0.05) is 32.0 Å². The second kappa shape index (κ2) is 9.36. The van der Waals surface area contributed by atoms with Gasteiger partial charge in [0.1, 0.15) is 17.1 Å². The molecule has 0 unspecified atom stereocenters. The van der Waals surface area contributed by atoms with Crippen molar-refractivity contribution in [2.75, 3.05) is 6.61 Å². The minimum absolute atomic E-state index is 0.164. The fourth-order valence-electron chi connectivity index (χ4n) is 3.73. The van der Waals surface area contributed by atoms with Crippen molar-refractivity contribution in [1.82, 2.24) is 19.5 Å². The Kier molecular flexibility index (Phi) is 6.47. The first-order valence-electron chi connectivity index (χ1n) is 11.0. The van der Waals surface area contributed by atoms with Gasteiger partial charge in [0.05, 0.1) is 23.9 Å². The molecule has 0 saturated carbocycles. The zero-order valence-electron chi connectivity index (χ0n) is 19.3. The van der Waals surface area contributed by atoms with Gasteiger partial charge in [0, 0.05) is 6.54 Å². The van der Waals surface area contributed by atoms with Gasteiger partial charge >= 0.3 is 12.1 Å². The maximum absolute atomic E-state index is 13.0. The lowest BCUT2D eigenvalue weighted by Crippen LogP contribution is -2.07. The molecular formula is C25H23F3N4O3. The predicted octanol–water partition coefficient (Wildman–Crippen LogP) is 5.78. The van der Waals surface area contributed by atoms with E-state index >= 15 is 0 Å². The van der Waals surface area contributed by atoms with Crippen LogP contribution in [0.15, 0.2) is 48.7 Å². The molecule has 2 heterocycles. The second-order valence-electron chi connectivity index (χ2n) is 8.27. The van der Waals surface area contributed by atoms with Gasteiger partial charge in [0.2, 0.25) is 5.82 Å². The predicted molar refractivity (Wildman–Crippen MR) is 124 cm³/mol. The van der Waals surface area contributed by atoms with Gasteiger partial charge < -0.3 is 14.4 Å². The Morgan fingerprint density at radius 2 is 1.83 bits per heavy atom. The number of aromatic carboxylic acids is 1. The molecule has 0 aliphatic carbocycles. The maximum Gasteiger partial charge on any atom is 0.416 e. The van der Waals surface area contributed by atoms with Crippen LogP contribution in [0.5, 0.6) is 5.75 Å². The third kappa shape index (κ3) is 4.96. The highest BCUT2D eigenvalue weighted by Gasteiger charge is 2.30. The number of nitrogens with zero attached hydrogens (tertiary/aromatic N) is 4. The number of benzene rings is 2. The molecule has 0 aliphatic heterocycles. The number of ether oxygens (including phenoxy) is 1. The summed E-state index contributed by atoms with van der Waals surface area (Å²) in [5, 5.41) is 9.30. The first-order chi connectivity index (χ1) is 16.6. The van der Waals surface area contributed by atoms with Crippen LogP contribution in [0, 0.1) is 0 Å². The third-order valence-electron chi connectivity index (χ3n) is 5.53. The van der Waals surface area contributed by atoms with Crippen LogP contribution >= 0.6 is 0 Å². The molecule has 2 aromatic heterocycles. The molecule has 35 heavy (non-hydrogen) atoms. The zero-order chi connectivity index (χ0) is 25.3. The number of fused-ring (bicyclic) bond motifs is 1. The molecule has 0 radical (unpaired) electrons. The molecule has 182 valence electrons. The number of aromatic nitrogens is 4. The van der Waals surface area contributed by atoms with Crippen LogP contribution in [-0.2, 0) is 12.7 Å². The minimum atomic E-state index is -4.43. The molecule has 10 heteroatoms. The van der Waals surface area contributed by atoms with Gasteiger partial charge in [-0.2, -0.15) is 13.2 Å². The number of alkyl halides is 3. The molecule has 0 spiro atoms. The van der Waals surface area contributed by atoms with Crippen LogP contribution in [0.3, 0.4) is 0 Å². The number of halogens is 3. The fourth-order valence-corrected chi connectivity index (χ4v) is 3.73. The van der Waals surface area contributed by atoms with Crippen molar-refractivity contribution in [2.45, 2.75) is 39.4 Å². The van der Waals surface area contributed by atoms with Gasteiger partial charge in [-0.25, -0.2) is 19.7 Å². The van der Waals surface area contributed by atoms with Crippen LogP contribution in [0.4, 0.5) is 13.2 Å². The van der Waals surface area contributed by atoms with E-state index in [1.807, 2.05) is 25.1 Å². The van der Waals surface area contributed by atoms with Crippen molar-refractivity contribution < 1.29 is 27.8 Å². The van der Waals surface area contributed by atoms with E-state index in [-0.39, 0.29) is 18.1 Å². The van der Waals surface area contributed by atoms with Gasteiger partial charge in [-0.05, 0) is 48.2 Å². The van der Waals surface area contributed by atoms with Crippen LogP contribution in [0.25, 0.3) is 22.6 Å². The zero-order valence-corrected chi connectivity index (χ0v) is 19.3. The monoisotopic (exact) mass is 484 g/mol. The molecule has 0 fully saturated rings. The summed E-state index contributed by atoms with van der Waals surface area (Å²) < 4.78 is 46.6. The highest BCUT2D eigenvalue weighted by Crippen LogP contribution is 2.35. The number of carbonyl (C=O) groups is 1. The molecule has 1 N–H and O–H groups in total. The second-order valence-corrected chi connectivity index (χ2v) is 8.27. The van der Waals surface area contributed by atoms with Crippen LogP contribution in [0.2, 0.25) is 0 Å². The van der Waals surface area contributed by atoms with Crippen molar-refractivity contribution in [3.8, 4) is 17.1 Å². The summed E-state index contributed by atoms with van der Waals surface area (Å²) in [6.45, 7) is 6.54. The minimum Gasteiger partial charge on any atom is -0.493 e. The van der Waals surface area contributed by atoms with Crippen molar-refractivity contribution in [1.29, 1.82) is 0 Å². The average molecular weight is 484 g/mol. The highest BCUT2D eigenvalue weighted by atomic mass is 19.4. The fraction of sp³-hybridized carbons (Fsp3) is 0.280. The SMILES string of the molecule is CCOc1ccc(C(C)C)cc1-c1nc2nc(C(=O)O)ncc2n1Cc1ccc(C(F)(F)F)cc1. The van der Waals surface area contributed by atoms with E-state index < -0.39 is 23.5 Å². The summed E-state index contributed by atoms with van der Waals surface area (Å²) in [6, 6.07) is 10.6. The largest absolute Gasteiger partial charge is 0.493 e. The Morgan fingerprint density at radius 3 is 2.43 bits per heavy atom. The maximum atomic E-state index is 13.0. The molecule has 4 aromatic rings. The van der Waals surface area contributed by atoms with Crippen molar-refractivity contribution >= 4 is 17.1 Å². The molecule has 0 aliphatic rings. The van der Waals surface area contributed by atoms with E-state index in [0.29, 0.717) is 34.8 Å². The molecule has 2 aromatic carbocycles. The van der Waals surface area contributed by atoms with Gasteiger partial charge in [-0.3, -0.25) is 0 Å². The Labute approximate surface area is 199 Å². The summed E-state index contributed by atoms with van der Waals surface area (Å²) in [4.78, 5) is 24.0. The van der Waals surface area contributed by atoms with E-state index in [9.17, 15) is 23.1 Å². The summed E-state index contributed by atoms with van der Waals surface area (Å²) in [6.07, 6.45) is -3.07. The summed E-state index contributed by atoms with van der Waals surface area (Å²) in [5.74, 6) is -0.447. The highest BCUT2D eigenvalue weighted by molar-refractivity contribution is 5.86. The summed E-state index contributed by atoms with van der Waals surface area (Å²) in [7, 11) is 0. The molecule has 4 rings (SSSR count). The Bertz CT molecular complexity index is 1380. The molecule has 0 atom stereocenters. The smallest absolute Gasteiger partial charge is 0.416 e. The number of imidazole rings is 1. The lowest BCUT2D eigenvalue weighted by Gasteiger charge is -2.16. The van der Waals surface area contributed by atoms with Crippen LogP contribution in [0.1, 0.15) is 54.0 Å². The molecular weight excluding hydrogens is 461 g/mol. The third-order valence-corrected chi connectivity index (χ3v) is 5.53. The topological polar surface area (TPSA) is 90.1 Å². The van der Waals surface area contributed by atoms with Crippen LogP contribution < -0.4 is 4.74 Å². The number of hydrogen-bond acceptors (Lipinski definition) is 5.